The molecule has 0 saturated carbocycles. The third kappa shape index (κ3) is 5.58. The lowest BCUT2D eigenvalue weighted by Gasteiger charge is -2.08. The normalized spacial score (nSPS) is 10.8. The third-order valence-corrected chi connectivity index (χ3v) is 6.28. The summed E-state index contributed by atoms with van der Waals surface area (Å²) in [5.74, 6) is -0.115. The summed E-state index contributed by atoms with van der Waals surface area (Å²) in [6.07, 6.45) is 1.98. The molecule has 0 atom stereocenters. The van der Waals surface area contributed by atoms with E-state index in [9.17, 15) is 14.0 Å². The number of halogens is 1. The van der Waals surface area contributed by atoms with Gasteiger partial charge in [0.15, 0.2) is 0 Å². The molecule has 1 aromatic heterocycles. The number of fused-ring (bicyclic) bond motifs is 1. The highest BCUT2D eigenvalue weighted by atomic mass is 32.2. The highest BCUT2D eigenvalue weighted by Gasteiger charge is 2.13. The zero-order valence-corrected chi connectivity index (χ0v) is 19.4. The maximum Gasteiger partial charge on any atom is 0.254 e. The first-order valence-corrected chi connectivity index (χ1v) is 11.7. The molecule has 0 fully saturated rings. The molecule has 4 aromatic rings. The Kier molecular flexibility index (Phi) is 7.49. The number of ether oxygens (including phenoxy) is 1. The first kappa shape index (κ1) is 23.4. The largest absolute Gasteiger partial charge is 0.497 e. The minimum absolute atomic E-state index is 0.0268. The molecule has 0 spiro atoms. The molecular weight excluding hydrogens is 453 g/mol. The maximum absolute atomic E-state index is 13.8. The second kappa shape index (κ2) is 10.9. The van der Waals surface area contributed by atoms with Crippen LogP contribution in [0.3, 0.4) is 0 Å². The number of carbonyl (C=O) groups is 2. The SMILES string of the molecule is COc1ccc(NC(=O)CSc2cn(CCNC(=O)c3ccccc3F)c3ccccc23)cc1. The van der Waals surface area contributed by atoms with Gasteiger partial charge in [-0.15, -0.1) is 11.8 Å². The van der Waals surface area contributed by atoms with E-state index in [2.05, 4.69) is 10.6 Å². The number of aromatic nitrogens is 1. The zero-order chi connectivity index (χ0) is 23.9. The molecule has 34 heavy (non-hydrogen) atoms. The number of anilines is 1. The van der Waals surface area contributed by atoms with Crippen LogP contribution in [-0.2, 0) is 11.3 Å². The summed E-state index contributed by atoms with van der Waals surface area (Å²) in [5.41, 5.74) is 1.74. The topological polar surface area (TPSA) is 72.4 Å². The molecule has 6 nitrogen and oxygen atoms in total. The molecule has 2 amide bonds. The number of benzene rings is 3. The van der Waals surface area contributed by atoms with Crippen LogP contribution >= 0.6 is 11.8 Å². The highest BCUT2D eigenvalue weighted by Crippen LogP contribution is 2.30. The number of amides is 2. The number of nitrogens with zero attached hydrogens (tertiary/aromatic N) is 1. The Labute approximate surface area is 201 Å². The van der Waals surface area contributed by atoms with Crippen molar-refractivity contribution in [2.45, 2.75) is 11.4 Å². The van der Waals surface area contributed by atoms with Gasteiger partial charge in [0.25, 0.3) is 5.91 Å². The second-order valence-electron chi connectivity index (χ2n) is 7.50. The maximum atomic E-state index is 13.8. The molecule has 0 saturated heterocycles. The number of rotatable bonds is 9. The molecule has 0 aliphatic carbocycles. The summed E-state index contributed by atoms with van der Waals surface area (Å²) in [7, 11) is 1.59. The lowest BCUT2D eigenvalue weighted by molar-refractivity contribution is -0.113. The number of hydrogen-bond donors (Lipinski definition) is 2. The smallest absolute Gasteiger partial charge is 0.254 e. The summed E-state index contributed by atoms with van der Waals surface area (Å²) >= 11 is 1.45. The molecule has 3 aromatic carbocycles. The summed E-state index contributed by atoms with van der Waals surface area (Å²) < 4.78 is 21.0. The fourth-order valence-corrected chi connectivity index (χ4v) is 4.45. The van der Waals surface area contributed by atoms with Gasteiger partial charge in [-0.05, 0) is 42.5 Å². The molecule has 1 heterocycles. The minimum Gasteiger partial charge on any atom is -0.497 e. The predicted octanol–water partition coefficient (Wildman–Crippen LogP) is 4.95. The number of carbonyl (C=O) groups excluding carboxylic acids is 2. The van der Waals surface area contributed by atoms with E-state index in [-0.39, 0.29) is 17.2 Å². The fraction of sp³-hybridized carbons (Fsp3) is 0.154. The lowest BCUT2D eigenvalue weighted by atomic mass is 10.2. The molecule has 174 valence electrons. The first-order chi connectivity index (χ1) is 16.5. The van der Waals surface area contributed by atoms with E-state index in [1.54, 1.807) is 43.5 Å². The van der Waals surface area contributed by atoms with Crippen LogP contribution in [-0.4, -0.2) is 35.8 Å². The molecule has 0 aliphatic rings. The van der Waals surface area contributed by atoms with Crippen molar-refractivity contribution < 1.29 is 18.7 Å². The van der Waals surface area contributed by atoms with Crippen molar-refractivity contribution in [1.29, 1.82) is 0 Å². The zero-order valence-electron chi connectivity index (χ0n) is 18.6. The third-order valence-electron chi connectivity index (χ3n) is 5.24. The number of hydrogen-bond acceptors (Lipinski definition) is 4. The van der Waals surface area contributed by atoms with Gasteiger partial charge in [-0.3, -0.25) is 9.59 Å². The van der Waals surface area contributed by atoms with E-state index in [4.69, 9.17) is 4.74 Å². The summed E-state index contributed by atoms with van der Waals surface area (Å²) in [6.45, 7) is 0.854. The summed E-state index contributed by atoms with van der Waals surface area (Å²) in [6, 6.07) is 21.0. The van der Waals surface area contributed by atoms with Crippen LogP contribution in [0.1, 0.15) is 10.4 Å². The summed E-state index contributed by atoms with van der Waals surface area (Å²) in [5, 5.41) is 6.69. The van der Waals surface area contributed by atoms with Gasteiger partial charge >= 0.3 is 0 Å². The molecule has 0 bridgehead atoms. The van der Waals surface area contributed by atoms with Gasteiger partial charge < -0.3 is 19.9 Å². The monoisotopic (exact) mass is 477 g/mol. The number of para-hydroxylation sites is 1. The summed E-state index contributed by atoms with van der Waals surface area (Å²) in [4.78, 5) is 25.7. The van der Waals surface area contributed by atoms with Gasteiger partial charge in [-0.2, -0.15) is 0 Å². The van der Waals surface area contributed by atoms with Gasteiger partial charge in [0.1, 0.15) is 11.6 Å². The minimum atomic E-state index is -0.544. The van der Waals surface area contributed by atoms with E-state index in [0.717, 1.165) is 21.5 Å². The number of methoxy groups -OCH3 is 1. The van der Waals surface area contributed by atoms with Crippen LogP contribution in [0.2, 0.25) is 0 Å². The van der Waals surface area contributed by atoms with Crippen molar-refractivity contribution in [3.05, 3.63) is 90.4 Å². The Morgan fingerprint density at radius 3 is 2.50 bits per heavy atom. The molecule has 8 heteroatoms. The molecular formula is C26H24FN3O3S. The average molecular weight is 478 g/mol. The molecule has 0 aliphatic heterocycles. The predicted molar refractivity (Wildman–Crippen MR) is 133 cm³/mol. The van der Waals surface area contributed by atoms with Crippen LogP contribution < -0.4 is 15.4 Å². The molecule has 4 rings (SSSR count). The number of nitrogens with one attached hydrogen (secondary N) is 2. The van der Waals surface area contributed by atoms with Crippen molar-refractivity contribution in [2.75, 3.05) is 24.7 Å². The highest BCUT2D eigenvalue weighted by molar-refractivity contribution is 8.00. The Morgan fingerprint density at radius 2 is 1.74 bits per heavy atom. The van der Waals surface area contributed by atoms with E-state index >= 15 is 0 Å². The van der Waals surface area contributed by atoms with Gasteiger partial charge in [-0.1, -0.05) is 30.3 Å². The van der Waals surface area contributed by atoms with Crippen molar-refractivity contribution >= 4 is 40.2 Å². The van der Waals surface area contributed by atoms with Crippen molar-refractivity contribution in [3.8, 4) is 5.75 Å². The fourth-order valence-electron chi connectivity index (χ4n) is 3.56. The first-order valence-electron chi connectivity index (χ1n) is 10.7. The van der Waals surface area contributed by atoms with Crippen molar-refractivity contribution in [3.63, 3.8) is 0 Å². The molecule has 0 radical (unpaired) electrons. The quantitative estimate of drug-likeness (QED) is 0.335. The Bertz CT molecular complexity index is 1300. The van der Waals surface area contributed by atoms with Gasteiger partial charge in [0, 0.05) is 40.8 Å². The second-order valence-corrected chi connectivity index (χ2v) is 8.52. The van der Waals surface area contributed by atoms with Crippen LogP contribution in [0, 0.1) is 5.82 Å². The Balaban J connectivity index is 1.37. The van der Waals surface area contributed by atoms with Gasteiger partial charge in [0.2, 0.25) is 5.91 Å². The Hall–Kier alpha value is -3.78. The van der Waals surface area contributed by atoms with Gasteiger partial charge in [-0.25, -0.2) is 4.39 Å². The van der Waals surface area contributed by atoms with Crippen LogP contribution in [0.15, 0.2) is 83.9 Å². The van der Waals surface area contributed by atoms with E-state index < -0.39 is 11.7 Å². The van der Waals surface area contributed by atoms with Crippen LogP contribution in [0.5, 0.6) is 5.75 Å². The average Bonchev–Trinajstić information content (AvgIpc) is 3.21. The lowest BCUT2D eigenvalue weighted by Crippen LogP contribution is -2.27. The number of thioether (sulfide) groups is 1. The van der Waals surface area contributed by atoms with E-state index in [0.29, 0.717) is 18.8 Å². The molecule has 0 unspecified atom stereocenters. The van der Waals surface area contributed by atoms with Gasteiger partial charge in [0.05, 0.1) is 18.4 Å². The van der Waals surface area contributed by atoms with Crippen molar-refractivity contribution in [2.24, 2.45) is 0 Å². The van der Waals surface area contributed by atoms with E-state index in [1.807, 2.05) is 35.0 Å². The van der Waals surface area contributed by atoms with Crippen LogP contribution in [0.25, 0.3) is 10.9 Å². The Morgan fingerprint density at radius 1 is 1.00 bits per heavy atom. The van der Waals surface area contributed by atoms with Crippen LogP contribution in [0.4, 0.5) is 10.1 Å². The van der Waals surface area contributed by atoms with E-state index in [1.165, 1.54) is 23.9 Å². The standard InChI is InChI=1S/C26H24FN3O3S/c1-33-19-12-10-18(11-13-19)29-25(31)17-34-24-16-30(23-9-5-3-7-21(23)24)15-14-28-26(32)20-6-2-4-8-22(20)27/h2-13,16H,14-15,17H2,1H3,(H,28,32)(H,29,31). The van der Waals surface area contributed by atoms with Crippen molar-refractivity contribution in [1.82, 2.24) is 9.88 Å². The molecule has 2 N–H and O–H groups in total.